The van der Waals surface area contributed by atoms with Gasteiger partial charge in [-0.1, -0.05) is 19.1 Å². The number of aromatic carboxylic acids is 1. The van der Waals surface area contributed by atoms with Crippen LogP contribution < -0.4 is 0 Å². The number of carboxylic acids is 1. The molecule has 1 fully saturated rings. The summed E-state index contributed by atoms with van der Waals surface area (Å²) in [6, 6.07) is 7.18. The lowest BCUT2D eigenvalue weighted by Gasteiger charge is -2.35. The van der Waals surface area contributed by atoms with Crippen molar-refractivity contribution in [2.45, 2.75) is 43.5 Å². The zero-order chi connectivity index (χ0) is 15.2. The summed E-state index contributed by atoms with van der Waals surface area (Å²) in [7, 11) is 0. The smallest absolute Gasteiger partial charge is 0.336 e. The van der Waals surface area contributed by atoms with Crippen LogP contribution in [0.5, 0.6) is 0 Å². The van der Waals surface area contributed by atoms with Crippen molar-refractivity contribution < 1.29 is 14.7 Å². The third kappa shape index (κ3) is 4.00. The lowest BCUT2D eigenvalue weighted by molar-refractivity contribution is -0.132. The van der Waals surface area contributed by atoms with Crippen LogP contribution in [-0.2, 0) is 4.79 Å². The third-order valence-electron chi connectivity index (χ3n) is 3.89. The van der Waals surface area contributed by atoms with Crippen molar-refractivity contribution in [3.05, 3.63) is 29.8 Å². The van der Waals surface area contributed by atoms with E-state index >= 15 is 0 Å². The molecule has 1 aliphatic heterocycles. The normalized spacial score (nSPS) is 18.5. The Morgan fingerprint density at radius 1 is 1.33 bits per heavy atom. The van der Waals surface area contributed by atoms with Gasteiger partial charge in [0.05, 0.1) is 11.3 Å². The Bertz CT molecular complexity index is 518. The summed E-state index contributed by atoms with van der Waals surface area (Å²) in [6.07, 6.45) is 4.33. The van der Waals surface area contributed by atoms with Gasteiger partial charge in [-0.25, -0.2) is 4.79 Å². The number of carboxylic acid groups (broad SMARTS) is 1. The van der Waals surface area contributed by atoms with E-state index in [1.807, 2.05) is 4.90 Å². The van der Waals surface area contributed by atoms with Gasteiger partial charge in [-0.05, 0) is 37.8 Å². The van der Waals surface area contributed by atoms with Gasteiger partial charge >= 0.3 is 5.97 Å². The van der Waals surface area contributed by atoms with Crippen molar-refractivity contribution in [1.29, 1.82) is 0 Å². The van der Waals surface area contributed by atoms with Crippen molar-refractivity contribution in [3.63, 3.8) is 0 Å². The number of thioether (sulfide) groups is 1. The minimum absolute atomic E-state index is 0.117. The topological polar surface area (TPSA) is 57.6 Å². The van der Waals surface area contributed by atoms with E-state index in [0.29, 0.717) is 16.7 Å². The molecular weight excluding hydrogens is 286 g/mol. The van der Waals surface area contributed by atoms with Gasteiger partial charge in [-0.2, -0.15) is 0 Å². The van der Waals surface area contributed by atoms with E-state index in [1.165, 1.54) is 18.2 Å². The highest BCUT2D eigenvalue weighted by molar-refractivity contribution is 8.00. The Morgan fingerprint density at radius 2 is 2.10 bits per heavy atom. The average molecular weight is 307 g/mol. The fourth-order valence-corrected chi connectivity index (χ4v) is 3.68. The number of hydrogen-bond donors (Lipinski definition) is 1. The quantitative estimate of drug-likeness (QED) is 0.848. The zero-order valence-corrected chi connectivity index (χ0v) is 13.1. The van der Waals surface area contributed by atoms with Crippen LogP contribution in [0.2, 0.25) is 0 Å². The largest absolute Gasteiger partial charge is 0.478 e. The molecule has 1 aromatic rings. The van der Waals surface area contributed by atoms with Crippen LogP contribution in [0.4, 0.5) is 0 Å². The van der Waals surface area contributed by atoms with Crippen molar-refractivity contribution in [3.8, 4) is 0 Å². The van der Waals surface area contributed by atoms with Crippen molar-refractivity contribution >= 4 is 23.6 Å². The maximum Gasteiger partial charge on any atom is 0.336 e. The Kier molecular flexibility index (Phi) is 5.67. The van der Waals surface area contributed by atoms with Gasteiger partial charge in [-0.15, -0.1) is 11.8 Å². The van der Waals surface area contributed by atoms with Crippen LogP contribution in [0.3, 0.4) is 0 Å². The highest BCUT2D eigenvalue weighted by Crippen LogP contribution is 2.25. The highest BCUT2D eigenvalue weighted by Gasteiger charge is 2.25. The first-order valence-electron chi connectivity index (χ1n) is 7.38. The first-order chi connectivity index (χ1) is 10.1. The molecule has 1 saturated heterocycles. The number of hydrogen-bond acceptors (Lipinski definition) is 3. The number of rotatable bonds is 5. The minimum Gasteiger partial charge on any atom is -0.478 e. The van der Waals surface area contributed by atoms with E-state index in [1.54, 1.807) is 24.3 Å². The van der Waals surface area contributed by atoms with E-state index in [2.05, 4.69) is 6.92 Å². The predicted molar refractivity (Wildman–Crippen MR) is 83.8 cm³/mol. The van der Waals surface area contributed by atoms with E-state index in [9.17, 15) is 9.59 Å². The maximum absolute atomic E-state index is 12.4. The number of amides is 1. The molecular formula is C16H21NO3S. The summed E-state index contributed by atoms with van der Waals surface area (Å²) >= 11 is 1.32. The van der Waals surface area contributed by atoms with Gasteiger partial charge in [0, 0.05) is 17.5 Å². The minimum atomic E-state index is -0.949. The molecule has 1 heterocycles. The second kappa shape index (κ2) is 7.50. The standard InChI is InChI=1S/C16H21NO3S/c1-2-12-7-5-6-10-17(12)15(18)11-21-14-9-4-3-8-13(14)16(19)20/h3-4,8-9,12H,2,5-7,10-11H2,1H3,(H,19,20). The Hall–Kier alpha value is -1.49. The summed E-state index contributed by atoms with van der Waals surface area (Å²) in [5.74, 6) is -0.525. The Morgan fingerprint density at radius 3 is 2.81 bits per heavy atom. The zero-order valence-electron chi connectivity index (χ0n) is 12.2. The molecule has 0 spiro atoms. The van der Waals surface area contributed by atoms with E-state index in [-0.39, 0.29) is 11.5 Å². The number of carbonyl (C=O) groups excluding carboxylic acids is 1. The molecule has 2 rings (SSSR count). The van der Waals surface area contributed by atoms with Gasteiger partial charge in [0.25, 0.3) is 0 Å². The SMILES string of the molecule is CCC1CCCCN1C(=O)CSc1ccccc1C(=O)O. The van der Waals surface area contributed by atoms with Crippen LogP contribution >= 0.6 is 11.8 Å². The first kappa shape index (κ1) is 15.9. The summed E-state index contributed by atoms with van der Waals surface area (Å²) in [6.45, 7) is 2.95. The molecule has 1 unspecified atom stereocenters. The number of piperidine rings is 1. The fourth-order valence-electron chi connectivity index (χ4n) is 2.74. The lowest BCUT2D eigenvalue weighted by atomic mass is 10.0. The molecule has 0 saturated carbocycles. The highest BCUT2D eigenvalue weighted by atomic mass is 32.2. The molecule has 0 aliphatic carbocycles. The van der Waals surface area contributed by atoms with E-state index in [0.717, 1.165) is 25.8 Å². The molecule has 0 radical (unpaired) electrons. The molecule has 0 bridgehead atoms. The van der Waals surface area contributed by atoms with Crippen LogP contribution in [0.15, 0.2) is 29.2 Å². The third-order valence-corrected chi connectivity index (χ3v) is 4.95. The lowest BCUT2D eigenvalue weighted by Crippen LogP contribution is -2.44. The molecule has 1 aromatic carbocycles. The van der Waals surface area contributed by atoms with E-state index in [4.69, 9.17) is 5.11 Å². The van der Waals surface area contributed by atoms with Crippen LogP contribution in [0.25, 0.3) is 0 Å². The Labute approximate surface area is 129 Å². The molecule has 1 N–H and O–H groups in total. The second-order valence-corrected chi connectivity index (χ2v) is 6.25. The maximum atomic E-state index is 12.4. The molecule has 1 atom stereocenters. The van der Waals surface area contributed by atoms with Gasteiger partial charge in [-0.3, -0.25) is 4.79 Å². The number of nitrogens with zero attached hydrogens (tertiary/aromatic N) is 1. The van der Waals surface area contributed by atoms with E-state index < -0.39 is 5.97 Å². The molecule has 1 aliphatic rings. The molecule has 0 aromatic heterocycles. The molecule has 1 amide bonds. The summed E-state index contributed by atoms with van der Waals surface area (Å²) in [5.41, 5.74) is 0.265. The molecule has 114 valence electrons. The van der Waals surface area contributed by atoms with Gasteiger partial charge in [0.2, 0.25) is 5.91 Å². The fraction of sp³-hybridized carbons (Fsp3) is 0.500. The first-order valence-corrected chi connectivity index (χ1v) is 8.36. The van der Waals surface area contributed by atoms with Crippen molar-refractivity contribution in [2.24, 2.45) is 0 Å². The van der Waals surface area contributed by atoms with Gasteiger partial charge in [0.1, 0.15) is 0 Å². The summed E-state index contributed by atoms with van der Waals surface area (Å²) < 4.78 is 0. The van der Waals surface area contributed by atoms with Crippen molar-refractivity contribution in [1.82, 2.24) is 4.90 Å². The van der Waals surface area contributed by atoms with Crippen molar-refractivity contribution in [2.75, 3.05) is 12.3 Å². The van der Waals surface area contributed by atoms with Gasteiger partial charge < -0.3 is 10.0 Å². The monoisotopic (exact) mass is 307 g/mol. The number of benzene rings is 1. The molecule has 4 nitrogen and oxygen atoms in total. The second-order valence-electron chi connectivity index (χ2n) is 5.23. The van der Waals surface area contributed by atoms with Gasteiger partial charge in [0.15, 0.2) is 0 Å². The van der Waals surface area contributed by atoms with Crippen LogP contribution in [-0.4, -0.2) is 40.2 Å². The molecule has 5 heteroatoms. The Balaban J connectivity index is 1.99. The van der Waals surface area contributed by atoms with Crippen LogP contribution in [0.1, 0.15) is 43.0 Å². The predicted octanol–water partition coefficient (Wildman–Crippen LogP) is 3.27. The van der Waals surface area contributed by atoms with Crippen LogP contribution in [0, 0.1) is 0 Å². The number of carbonyl (C=O) groups is 2. The summed E-state index contributed by atoms with van der Waals surface area (Å²) in [5, 5.41) is 9.15. The molecule has 21 heavy (non-hydrogen) atoms. The average Bonchev–Trinajstić information content (AvgIpc) is 2.52. The summed E-state index contributed by atoms with van der Waals surface area (Å²) in [4.78, 5) is 26.2. The number of likely N-dealkylation sites (tertiary alicyclic amines) is 1.